The Morgan fingerprint density at radius 2 is 2.29 bits per heavy atom. The summed E-state index contributed by atoms with van der Waals surface area (Å²) in [6.07, 6.45) is 0. The Kier molecular flexibility index (Phi) is 3.89. The van der Waals surface area contributed by atoms with Crippen molar-refractivity contribution in [3.05, 3.63) is 33.5 Å². The zero-order valence-electron chi connectivity index (χ0n) is 7.31. The Morgan fingerprint density at radius 1 is 1.64 bits per heavy atom. The van der Waals surface area contributed by atoms with Gasteiger partial charge in [0.15, 0.2) is 0 Å². The molecule has 0 aromatic heterocycles. The van der Waals surface area contributed by atoms with Crippen molar-refractivity contribution >= 4 is 33.5 Å². The van der Waals surface area contributed by atoms with E-state index in [9.17, 15) is 9.18 Å². The molecule has 0 saturated carbocycles. The van der Waals surface area contributed by atoms with Crippen LogP contribution >= 0.6 is 27.5 Å². The van der Waals surface area contributed by atoms with Gasteiger partial charge in [0.2, 0.25) is 0 Å². The van der Waals surface area contributed by atoms with Crippen LogP contribution in [-0.2, 0) is 10.6 Å². The van der Waals surface area contributed by atoms with Gasteiger partial charge < -0.3 is 4.74 Å². The molecule has 0 heterocycles. The molecule has 0 bridgehead atoms. The maximum absolute atomic E-state index is 13.3. The number of esters is 1. The molecule has 0 amide bonds. The predicted octanol–water partition coefficient (Wildman–Crippen LogP) is 3.11. The smallest absolute Gasteiger partial charge is 0.337 e. The Hall–Kier alpha value is -0.610. The number of benzene rings is 1. The number of hydrogen-bond donors (Lipinski definition) is 0. The van der Waals surface area contributed by atoms with E-state index >= 15 is 0 Å². The van der Waals surface area contributed by atoms with Crippen LogP contribution in [0.1, 0.15) is 15.9 Å². The highest BCUT2D eigenvalue weighted by atomic mass is 79.9. The summed E-state index contributed by atoms with van der Waals surface area (Å²) in [6.45, 7) is 0. The Morgan fingerprint density at radius 3 is 2.79 bits per heavy atom. The largest absolute Gasteiger partial charge is 0.465 e. The topological polar surface area (TPSA) is 26.3 Å². The molecule has 0 fully saturated rings. The van der Waals surface area contributed by atoms with E-state index in [0.29, 0.717) is 0 Å². The van der Waals surface area contributed by atoms with Gasteiger partial charge in [-0.05, 0) is 28.1 Å². The summed E-state index contributed by atoms with van der Waals surface area (Å²) in [4.78, 5) is 11.1. The van der Waals surface area contributed by atoms with Crippen molar-refractivity contribution in [1.82, 2.24) is 0 Å². The Labute approximate surface area is 94.1 Å². The number of halogens is 3. The van der Waals surface area contributed by atoms with Gasteiger partial charge in [-0.25, -0.2) is 9.18 Å². The van der Waals surface area contributed by atoms with Gasteiger partial charge in [-0.15, -0.1) is 11.6 Å². The molecular weight excluding hydrogens is 274 g/mol. The standard InChI is InChI=1S/C9H7BrClFO2/c1-14-9(13)5-2-6(4-11)8(12)7(10)3-5/h2-3H,4H2,1H3. The summed E-state index contributed by atoms with van der Waals surface area (Å²) in [7, 11) is 1.26. The monoisotopic (exact) mass is 280 g/mol. The summed E-state index contributed by atoms with van der Waals surface area (Å²) in [5.74, 6) is -0.959. The zero-order chi connectivity index (χ0) is 10.7. The van der Waals surface area contributed by atoms with Crippen LogP contribution in [0.5, 0.6) is 0 Å². The lowest BCUT2D eigenvalue weighted by atomic mass is 10.1. The summed E-state index contributed by atoms with van der Waals surface area (Å²) in [5, 5.41) is 0. The summed E-state index contributed by atoms with van der Waals surface area (Å²) >= 11 is 8.50. The normalized spacial score (nSPS) is 10.0. The molecular formula is C9H7BrClFO2. The van der Waals surface area contributed by atoms with Crippen molar-refractivity contribution in [1.29, 1.82) is 0 Å². The highest BCUT2D eigenvalue weighted by Crippen LogP contribution is 2.23. The molecule has 0 unspecified atom stereocenters. The molecule has 0 aliphatic carbocycles. The van der Waals surface area contributed by atoms with Gasteiger partial charge in [0.1, 0.15) is 5.82 Å². The van der Waals surface area contributed by atoms with E-state index in [0.717, 1.165) is 0 Å². The third kappa shape index (κ3) is 2.25. The minimum Gasteiger partial charge on any atom is -0.465 e. The number of carbonyl (C=O) groups excluding carboxylic acids is 1. The predicted molar refractivity (Wildman–Crippen MR) is 55.0 cm³/mol. The van der Waals surface area contributed by atoms with Crippen molar-refractivity contribution in [2.24, 2.45) is 0 Å². The fourth-order valence-corrected chi connectivity index (χ4v) is 1.67. The second-order valence-corrected chi connectivity index (χ2v) is 3.68. The van der Waals surface area contributed by atoms with Crippen molar-refractivity contribution in [2.75, 3.05) is 7.11 Å². The number of ether oxygens (including phenoxy) is 1. The molecule has 0 aliphatic rings. The van der Waals surface area contributed by atoms with Gasteiger partial charge >= 0.3 is 5.97 Å². The van der Waals surface area contributed by atoms with Gasteiger partial charge in [-0.1, -0.05) is 0 Å². The first-order valence-electron chi connectivity index (χ1n) is 3.72. The van der Waals surface area contributed by atoms with Gasteiger partial charge in [-0.2, -0.15) is 0 Å². The lowest BCUT2D eigenvalue weighted by Crippen LogP contribution is -2.03. The first-order chi connectivity index (χ1) is 6.60. The molecule has 5 heteroatoms. The molecule has 0 aliphatic heterocycles. The second-order valence-electron chi connectivity index (χ2n) is 2.56. The van der Waals surface area contributed by atoms with E-state index in [1.165, 1.54) is 19.2 Å². The molecule has 2 nitrogen and oxygen atoms in total. The van der Waals surface area contributed by atoms with Gasteiger partial charge in [0.05, 0.1) is 23.0 Å². The van der Waals surface area contributed by atoms with Crippen LogP contribution < -0.4 is 0 Å². The molecule has 0 spiro atoms. The van der Waals surface area contributed by atoms with Crippen molar-refractivity contribution in [3.8, 4) is 0 Å². The summed E-state index contributed by atoms with van der Waals surface area (Å²) in [5.41, 5.74) is 0.540. The molecule has 1 aromatic carbocycles. The quantitative estimate of drug-likeness (QED) is 0.615. The number of rotatable bonds is 2. The van der Waals surface area contributed by atoms with Crippen molar-refractivity contribution in [3.63, 3.8) is 0 Å². The Balaban J connectivity index is 3.22. The molecule has 0 atom stereocenters. The highest BCUT2D eigenvalue weighted by molar-refractivity contribution is 9.10. The lowest BCUT2D eigenvalue weighted by molar-refractivity contribution is 0.0600. The fraction of sp³-hybridized carbons (Fsp3) is 0.222. The second kappa shape index (κ2) is 4.75. The van der Waals surface area contributed by atoms with Crippen LogP contribution in [-0.4, -0.2) is 13.1 Å². The van der Waals surface area contributed by atoms with E-state index in [4.69, 9.17) is 11.6 Å². The first kappa shape index (κ1) is 11.5. The van der Waals surface area contributed by atoms with Crippen LogP contribution in [0, 0.1) is 5.82 Å². The first-order valence-corrected chi connectivity index (χ1v) is 5.05. The molecule has 0 saturated heterocycles. The van der Waals surface area contributed by atoms with Crippen molar-refractivity contribution in [2.45, 2.75) is 5.88 Å². The van der Waals surface area contributed by atoms with E-state index in [2.05, 4.69) is 20.7 Å². The van der Waals surface area contributed by atoms with Crippen molar-refractivity contribution < 1.29 is 13.9 Å². The number of alkyl halides is 1. The molecule has 0 N–H and O–H groups in total. The third-order valence-electron chi connectivity index (χ3n) is 1.67. The zero-order valence-corrected chi connectivity index (χ0v) is 9.65. The average molecular weight is 282 g/mol. The van der Waals surface area contributed by atoms with E-state index in [1.807, 2.05) is 0 Å². The molecule has 76 valence electrons. The van der Waals surface area contributed by atoms with E-state index in [-0.39, 0.29) is 21.5 Å². The summed E-state index contributed by atoms with van der Waals surface area (Å²) in [6, 6.07) is 2.73. The number of hydrogen-bond acceptors (Lipinski definition) is 2. The maximum Gasteiger partial charge on any atom is 0.337 e. The average Bonchev–Trinajstić information content (AvgIpc) is 2.20. The number of methoxy groups -OCH3 is 1. The number of carbonyl (C=O) groups is 1. The van der Waals surface area contributed by atoms with Gasteiger partial charge in [-0.3, -0.25) is 0 Å². The molecule has 1 rings (SSSR count). The molecule has 0 radical (unpaired) electrons. The molecule has 1 aromatic rings. The SMILES string of the molecule is COC(=O)c1cc(Br)c(F)c(CCl)c1. The van der Waals surface area contributed by atoms with Crippen LogP contribution in [0.25, 0.3) is 0 Å². The van der Waals surface area contributed by atoms with Crippen LogP contribution in [0.2, 0.25) is 0 Å². The van der Waals surface area contributed by atoms with Crippen LogP contribution in [0.15, 0.2) is 16.6 Å². The van der Waals surface area contributed by atoms with E-state index in [1.54, 1.807) is 0 Å². The van der Waals surface area contributed by atoms with E-state index < -0.39 is 11.8 Å². The Bertz CT molecular complexity index is 368. The van der Waals surface area contributed by atoms with Crippen LogP contribution in [0.3, 0.4) is 0 Å². The minimum absolute atomic E-state index is 0.00919. The minimum atomic E-state index is -0.517. The summed E-state index contributed by atoms with van der Waals surface area (Å²) < 4.78 is 18.0. The fourth-order valence-electron chi connectivity index (χ4n) is 0.979. The third-order valence-corrected chi connectivity index (χ3v) is 2.53. The lowest BCUT2D eigenvalue weighted by Gasteiger charge is -2.04. The van der Waals surface area contributed by atoms with Gasteiger partial charge in [0, 0.05) is 5.56 Å². The van der Waals surface area contributed by atoms with Gasteiger partial charge in [0.25, 0.3) is 0 Å². The molecule has 14 heavy (non-hydrogen) atoms. The van der Waals surface area contributed by atoms with Crippen LogP contribution in [0.4, 0.5) is 4.39 Å². The maximum atomic E-state index is 13.3. The highest BCUT2D eigenvalue weighted by Gasteiger charge is 2.12.